The second kappa shape index (κ2) is 9.16. The van der Waals surface area contributed by atoms with E-state index in [1.807, 2.05) is 17.5 Å². The number of thiophene rings is 1. The van der Waals surface area contributed by atoms with Crippen LogP contribution in [0.15, 0.2) is 46.7 Å². The van der Waals surface area contributed by atoms with Gasteiger partial charge in [0.25, 0.3) is 5.91 Å². The topological polar surface area (TPSA) is 101 Å². The Morgan fingerprint density at radius 2 is 1.81 bits per heavy atom. The molecule has 1 aliphatic carbocycles. The molecule has 1 amide bonds. The minimum atomic E-state index is -3.61. The zero-order valence-electron chi connectivity index (χ0n) is 14.8. The molecule has 0 atom stereocenters. The van der Waals surface area contributed by atoms with Crippen LogP contribution in [0.3, 0.4) is 0 Å². The van der Waals surface area contributed by atoms with Crippen molar-refractivity contribution >= 4 is 39.7 Å². The summed E-state index contributed by atoms with van der Waals surface area (Å²) in [7, 11) is -3.61. The lowest BCUT2D eigenvalue weighted by atomic mass is 9.97. The fourth-order valence-corrected chi connectivity index (χ4v) is 4.94. The summed E-state index contributed by atoms with van der Waals surface area (Å²) < 4.78 is 27.3. The first-order valence-electron chi connectivity index (χ1n) is 8.59. The number of hydrogen-bond acceptors (Lipinski definition) is 5. The van der Waals surface area contributed by atoms with E-state index in [0.29, 0.717) is 12.1 Å². The Balaban J connectivity index is 0.00000261. The third kappa shape index (κ3) is 5.30. The van der Waals surface area contributed by atoms with Gasteiger partial charge in [0.15, 0.2) is 0 Å². The van der Waals surface area contributed by atoms with Crippen LogP contribution in [0.2, 0.25) is 0 Å². The summed E-state index contributed by atoms with van der Waals surface area (Å²) in [5.74, 6) is -0.215. The lowest BCUT2D eigenvalue weighted by Crippen LogP contribution is -2.51. The molecule has 4 N–H and O–H groups in total. The molecule has 27 heavy (non-hydrogen) atoms. The van der Waals surface area contributed by atoms with Crippen molar-refractivity contribution in [3.05, 3.63) is 52.2 Å². The molecule has 1 aliphatic rings. The van der Waals surface area contributed by atoms with Gasteiger partial charge in [0, 0.05) is 23.5 Å². The van der Waals surface area contributed by atoms with E-state index in [4.69, 9.17) is 5.73 Å². The van der Waals surface area contributed by atoms with Crippen LogP contribution >= 0.6 is 23.7 Å². The van der Waals surface area contributed by atoms with Crippen LogP contribution in [0.4, 0.5) is 0 Å². The van der Waals surface area contributed by atoms with Crippen LogP contribution in [-0.2, 0) is 16.6 Å². The van der Waals surface area contributed by atoms with Crippen molar-refractivity contribution in [1.82, 2.24) is 10.0 Å². The zero-order chi connectivity index (χ0) is 18.6. The standard InChI is InChI=1S/C18H23N3O3S2.ClH/c19-13-18(9-1-2-10-18)21-17(22)14-5-7-16(8-6-14)26(23,24)20-12-15-4-3-11-25-15;/h3-8,11,20H,1-2,9-10,12-13,19H2,(H,21,22);1H. The Bertz CT molecular complexity index is 846. The SMILES string of the molecule is Cl.NCC1(NC(=O)c2ccc(S(=O)(=O)NCc3cccs3)cc2)CCCC1. The summed E-state index contributed by atoms with van der Waals surface area (Å²) >= 11 is 1.49. The minimum absolute atomic E-state index is 0. The molecule has 0 radical (unpaired) electrons. The third-order valence-corrected chi connectivity index (χ3v) is 7.07. The predicted octanol–water partition coefficient (Wildman–Crippen LogP) is 2.65. The van der Waals surface area contributed by atoms with Crippen molar-refractivity contribution in [2.24, 2.45) is 5.73 Å². The molecular weight excluding hydrogens is 406 g/mol. The van der Waals surface area contributed by atoms with Crippen molar-refractivity contribution in [2.75, 3.05) is 6.54 Å². The molecule has 2 aromatic rings. The Labute approximate surface area is 170 Å². The largest absolute Gasteiger partial charge is 0.345 e. The number of nitrogens with one attached hydrogen (secondary N) is 2. The molecule has 1 aromatic heterocycles. The smallest absolute Gasteiger partial charge is 0.251 e. The van der Waals surface area contributed by atoms with E-state index in [-0.39, 0.29) is 35.3 Å². The van der Waals surface area contributed by atoms with Gasteiger partial charge >= 0.3 is 0 Å². The van der Waals surface area contributed by atoms with E-state index in [1.165, 1.54) is 35.6 Å². The summed E-state index contributed by atoms with van der Waals surface area (Å²) in [6, 6.07) is 9.73. The zero-order valence-corrected chi connectivity index (χ0v) is 17.3. The summed E-state index contributed by atoms with van der Waals surface area (Å²) in [6.45, 7) is 0.666. The van der Waals surface area contributed by atoms with E-state index in [2.05, 4.69) is 10.0 Å². The van der Waals surface area contributed by atoms with E-state index < -0.39 is 10.0 Å². The van der Waals surface area contributed by atoms with Gasteiger partial charge in [0.05, 0.1) is 10.4 Å². The number of sulfonamides is 1. The molecular formula is C18H24ClN3O3S2. The summed E-state index contributed by atoms with van der Waals surface area (Å²) in [5, 5.41) is 4.93. The first-order chi connectivity index (χ1) is 12.4. The van der Waals surface area contributed by atoms with Crippen molar-refractivity contribution in [3.8, 4) is 0 Å². The van der Waals surface area contributed by atoms with Crippen molar-refractivity contribution in [1.29, 1.82) is 0 Å². The molecule has 9 heteroatoms. The van der Waals surface area contributed by atoms with Crippen molar-refractivity contribution < 1.29 is 13.2 Å². The molecule has 1 aromatic carbocycles. The molecule has 1 fully saturated rings. The van der Waals surface area contributed by atoms with Gasteiger partial charge in [-0.15, -0.1) is 23.7 Å². The Morgan fingerprint density at radius 3 is 2.37 bits per heavy atom. The van der Waals surface area contributed by atoms with Gasteiger partial charge in [-0.25, -0.2) is 13.1 Å². The number of nitrogens with two attached hydrogens (primary N) is 1. The van der Waals surface area contributed by atoms with E-state index in [0.717, 1.165) is 30.6 Å². The predicted molar refractivity (Wildman–Crippen MR) is 110 cm³/mol. The summed E-state index contributed by atoms with van der Waals surface area (Å²) in [4.78, 5) is 13.6. The highest BCUT2D eigenvalue weighted by Gasteiger charge is 2.34. The fourth-order valence-electron chi connectivity index (χ4n) is 3.19. The number of halogens is 1. The number of benzene rings is 1. The van der Waals surface area contributed by atoms with Crippen LogP contribution in [0, 0.1) is 0 Å². The molecule has 1 heterocycles. The van der Waals surface area contributed by atoms with Crippen LogP contribution in [0.1, 0.15) is 40.9 Å². The highest BCUT2D eigenvalue weighted by Crippen LogP contribution is 2.29. The van der Waals surface area contributed by atoms with Gasteiger partial charge in [-0.05, 0) is 48.6 Å². The lowest BCUT2D eigenvalue weighted by molar-refractivity contribution is 0.0903. The van der Waals surface area contributed by atoms with Gasteiger partial charge in [0.2, 0.25) is 10.0 Å². The maximum Gasteiger partial charge on any atom is 0.251 e. The average molecular weight is 430 g/mol. The lowest BCUT2D eigenvalue weighted by Gasteiger charge is -2.28. The van der Waals surface area contributed by atoms with Crippen LogP contribution < -0.4 is 15.8 Å². The molecule has 148 valence electrons. The van der Waals surface area contributed by atoms with Crippen LogP contribution in [-0.4, -0.2) is 26.4 Å². The quantitative estimate of drug-likeness (QED) is 0.629. The second-order valence-electron chi connectivity index (χ2n) is 6.57. The Hall–Kier alpha value is -1.45. The number of amides is 1. The van der Waals surface area contributed by atoms with Gasteiger partial charge in [-0.3, -0.25) is 4.79 Å². The molecule has 0 aliphatic heterocycles. The molecule has 0 bridgehead atoms. The third-order valence-electron chi connectivity index (χ3n) is 4.77. The molecule has 0 saturated heterocycles. The summed E-state index contributed by atoms with van der Waals surface area (Å²) in [6.07, 6.45) is 3.89. The maximum atomic E-state index is 12.5. The van der Waals surface area contributed by atoms with E-state index in [1.54, 1.807) is 0 Å². The summed E-state index contributed by atoms with van der Waals surface area (Å²) in [5.41, 5.74) is 5.95. The average Bonchev–Trinajstić information content (AvgIpc) is 3.32. The van der Waals surface area contributed by atoms with Gasteiger partial charge in [-0.1, -0.05) is 18.9 Å². The highest BCUT2D eigenvalue weighted by molar-refractivity contribution is 7.89. The molecule has 3 rings (SSSR count). The number of carbonyl (C=O) groups is 1. The van der Waals surface area contributed by atoms with Gasteiger partial charge in [0.1, 0.15) is 0 Å². The number of hydrogen-bond donors (Lipinski definition) is 3. The van der Waals surface area contributed by atoms with Gasteiger partial charge in [-0.2, -0.15) is 0 Å². The monoisotopic (exact) mass is 429 g/mol. The highest BCUT2D eigenvalue weighted by atomic mass is 35.5. The number of carbonyl (C=O) groups excluding carboxylic acids is 1. The fraction of sp³-hybridized carbons (Fsp3) is 0.389. The van der Waals surface area contributed by atoms with Crippen LogP contribution in [0.25, 0.3) is 0 Å². The molecule has 1 saturated carbocycles. The number of rotatable bonds is 7. The van der Waals surface area contributed by atoms with E-state index >= 15 is 0 Å². The van der Waals surface area contributed by atoms with Gasteiger partial charge < -0.3 is 11.1 Å². The first-order valence-corrected chi connectivity index (χ1v) is 11.0. The molecule has 0 spiro atoms. The van der Waals surface area contributed by atoms with Crippen LogP contribution in [0.5, 0.6) is 0 Å². The minimum Gasteiger partial charge on any atom is -0.345 e. The van der Waals surface area contributed by atoms with Crippen molar-refractivity contribution in [3.63, 3.8) is 0 Å². The Kier molecular flexibility index (Phi) is 7.41. The molecule has 6 nitrogen and oxygen atoms in total. The first kappa shape index (κ1) is 21.8. The van der Waals surface area contributed by atoms with E-state index in [9.17, 15) is 13.2 Å². The Morgan fingerprint density at radius 1 is 1.15 bits per heavy atom. The second-order valence-corrected chi connectivity index (χ2v) is 9.37. The maximum absolute atomic E-state index is 12.5. The normalized spacial score (nSPS) is 15.9. The molecule has 0 unspecified atom stereocenters. The van der Waals surface area contributed by atoms with Crippen molar-refractivity contribution in [2.45, 2.75) is 42.7 Å².